The van der Waals surface area contributed by atoms with Crippen LogP contribution >= 0.6 is 0 Å². The summed E-state index contributed by atoms with van der Waals surface area (Å²) in [6.45, 7) is 8.96. The van der Waals surface area contributed by atoms with Gasteiger partial charge >= 0.3 is 0 Å². The summed E-state index contributed by atoms with van der Waals surface area (Å²) in [6.07, 6.45) is 0. The minimum Gasteiger partial charge on any atom is -0.378 e. The normalized spacial score (nSPS) is 13.1. The highest BCUT2D eigenvalue weighted by Gasteiger charge is 2.18. The highest BCUT2D eigenvalue weighted by Crippen LogP contribution is 2.31. The van der Waals surface area contributed by atoms with Gasteiger partial charge in [-0.15, -0.1) is 0 Å². The Balaban J connectivity index is 2.25. The Bertz CT molecular complexity index is 523. The van der Waals surface area contributed by atoms with Gasteiger partial charge in [-0.2, -0.15) is 0 Å². The monoisotopic (exact) mass is 253 g/mol. The lowest BCUT2D eigenvalue weighted by Gasteiger charge is -2.25. The SMILES string of the molecule is CC(Nc1ccccc1C(C)(C)C)c1ccccc1. The van der Waals surface area contributed by atoms with Crippen molar-refractivity contribution in [1.82, 2.24) is 0 Å². The fourth-order valence-corrected chi connectivity index (χ4v) is 2.32. The molecule has 1 unspecified atom stereocenters. The average molecular weight is 253 g/mol. The first kappa shape index (κ1) is 13.7. The van der Waals surface area contributed by atoms with Gasteiger partial charge in [-0.3, -0.25) is 0 Å². The van der Waals surface area contributed by atoms with E-state index in [1.54, 1.807) is 0 Å². The van der Waals surface area contributed by atoms with Crippen molar-refractivity contribution in [2.75, 3.05) is 5.32 Å². The summed E-state index contributed by atoms with van der Waals surface area (Å²) < 4.78 is 0. The van der Waals surface area contributed by atoms with Crippen molar-refractivity contribution in [3.8, 4) is 0 Å². The van der Waals surface area contributed by atoms with Crippen molar-refractivity contribution in [3.05, 3.63) is 65.7 Å². The minimum absolute atomic E-state index is 0.153. The van der Waals surface area contributed by atoms with Gasteiger partial charge in [0.2, 0.25) is 0 Å². The fraction of sp³-hybridized carbons (Fsp3) is 0.333. The van der Waals surface area contributed by atoms with Gasteiger partial charge in [0, 0.05) is 11.7 Å². The predicted molar refractivity (Wildman–Crippen MR) is 83.6 cm³/mol. The van der Waals surface area contributed by atoms with E-state index in [9.17, 15) is 0 Å². The molecule has 1 N–H and O–H groups in total. The van der Waals surface area contributed by atoms with E-state index in [1.165, 1.54) is 16.8 Å². The van der Waals surface area contributed by atoms with Crippen LogP contribution < -0.4 is 5.32 Å². The van der Waals surface area contributed by atoms with E-state index in [4.69, 9.17) is 0 Å². The molecular formula is C18H23N. The molecule has 0 aliphatic rings. The van der Waals surface area contributed by atoms with Crippen LogP contribution in [0.3, 0.4) is 0 Å². The van der Waals surface area contributed by atoms with E-state index in [-0.39, 0.29) is 5.41 Å². The zero-order valence-electron chi connectivity index (χ0n) is 12.3. The standard InChI is InChI=1S/C18H23N/c1-14(15-10-6-5-7-11-15)19-17-13-9-8-12-16(17)18(2,3)4/h5-14,19H,1-4H3. The number of para-hydroxylation sites is 1. The van der Waals surface area contributed by atoms with Crippen LogP contribution in [0, 0.1) is 0 Å². The van der Waals surface area contributed by atoms with Gasteiger partial charge in [0.05, 0.1) is 0 Å². The first-order valence-electron chi connectivity index (χ1n) is 6.89. The smallest absolute Gasteiger partial charge is 0.0485 e. The van der Waals surface area contributed by atoms with Crippen LogP contribution in [0.4, 0.5) is 5.69 Å². The first-order valence-corrected chi connectivity index (χ1v) is 6.89. The molecule has 2 rings (SSSR count). The van der Waals surface area contributed by atoms with Gasteiger partial charge in [-0.1, -0.05) is 69.3 Å². The number of hydrogen-bond acceptors (Lipinski definition) is 1. The van der Waals surface area contributed by atoms with Gasteiger partial charge in [0.15, 0.2) is 0 Å². The quantitative estimate of drug-likeness (QED) is 0.797. The molecule has 0 aliphatic heterocycles. The Morgan fingerprint density at radius 1 is 0.842 bits per heavy atom. The molecule has 19 heavy (non-hydrogen) atoms. The van der Waals surface area contributed by atoms with Crippen LogP contribution in [0.5, 0.6) is 0 Å². The molecule has 1 heteroatoms. The number of benzene rings is 2. The van der Waals surface area contributed by atoms with Crippen LogP contribution in [-0.4, -0.2) is 0 Å². The molecule has 0 saturated heterocycles. The molecule has 0 bridgehead atoms. The number of rotatable bonds is 3. The maximum absolute atomic E-state index is 3.63. The van der Waals surface area contributed by atoms with Crippen molar-refractivity contribution in [3.63, 3.8) is 0 Å². The van der Waals surface area contributed by atoms with Gasteiger partial charge in [-0.05, 0) is 29.5 Å². The molecule has 2 aromatic carbocycles. The van der Waals surface area contributed by atoms with Gasteiger partial charge in [0.1, 0.15) is 0 Å². The Morgan fingerprint density at radius 2 is 1.42 bits per heavy atom. The van der Waals surface area contributed by atoms with E-state index in [0.717, 1.165) is 0 Å². The maximum Gasteiger partial charge on any atom is 0.0485 e. The summed E-state index contributed by atoms with van der Waals surface area (Å²) in [5, 5.41) is 3.63. The zero-order valence-corrected chi connectivity index (χ0v) is 12.3. The number of anilines is 1. The average Bonchev–Trinajstić information content (AvgIpc) is 2.39. The van der Waals surface area contributed by atoms with Crippen molar-refractivity contribution < 1.29 is 0 Å². The molecule has 0 heterocycles. The summed E-state index contributed by atoms with van der Waals surface area (Å²) >= 11 is 0. The van der Waals surface area contributed by atoms with Crippen LogP contribution in [0.1, 0.15) is 44.9 Å². The molecule has 1 nitrogen and oxygen atoms in total. The largest absolute Gasteiger partial charge is 0.378 e. The van der Waals surface area contributed by atoms with E-state index in [0.29, 0.717) is 6.04 Å². The minimum atomic E-state index is 0.153. The number of hydrogen-bond donors (Lipinski definition) is 1. The number of nitrogens with one attached hydrogen (secondary N) is 1. The lowest BCUT2D eigenvalue weighted by atomic mass is 9.85. The van der Waals surface area contributed by atoms with Crippen molar-refractivity contribution in [2.45, 2.75) is 39.2 Å². The molecular weight excluding hydrogens is 230 g/mol. The molecule has 0 aromatic heterocycles. The van der Waals surface area contributed by atoms with E-state index < -0.39 is 0 Å². The molecule has 0 radical (unpaired) electrons. The highest BCUT2D eigenvalue weighted by molar-refractivity contribution is 5.55. The highest BCUT2D eigenvalue weighted by atomic mass is 14.9. The molecule has 0 saturated carbocycles. The third-order valence-corrected chi connectivity index (χ3v) is 3.41. The van der Waals surface area contributed by atoms with E-state index in [2.05, 4.69) is 87.6 Å². The third-order valence-electron chi connectivity index (χ3n) is 3.41. The van der Waals surface area contributed by atoms with Crippen molar-refractivity contribution >= 4 is 5.69 Å². The molecule has 0 fully saturated rings. The first-order chi connectivity index (χ1) is 8.98. The summed E-state index contributed by atoms with van der Waals surface area (Å²) in [6, 6.07) is 19.4. The van der Waals surface area contributed by atoms with E-state index in [1.807, 2.05) is 0 Å². The van der Waals surface area contributed by atoms with Gasteiger partial charge < -0.3 is 5.32 Å². The Labute approximate surface area is 116 Å². The second-order valence-electron chi connectivity index (χ2n) is 6.07. The maximum atomic E-state index is 3.63. The van der Waals surface area contributed by atoms with Crippen LogP contribution in [0.2, 0.25) is 0 Å². The second-order valence-corrected chi connectivity index (χ2v) is 6.07. The van der Waals surface area contributed by atoms with Gasteiger partial charge in [-0.25, -0.2) is 0 Å². The Hall–Kier alpha value is -1.76. The van der Waals surface area contributed by atoms with Crippen LogP contribution in [0.15, 0.2) is 54.6 Å². The molecule has 0 spiro atoms. The molecule has 2 aromatic rings. The summed E-state index contributed by atoms with van der Waals surface area (Å²) in [5.41, 5.74) is 4.05. The molecule has 0 aliphatic carbocycles. The third kappa shape index (κ3) is 3.37. The summed E-state index contributed by atoms with van der Waals surface area (Å²) in [5.74, 6) is 0. The fourth-order valence-electron chi connectivity index (χ4n) is 2.32. The topological polar surface area (TPSA) is 12.0 Å². The van der Waals surface area contributed by atoms with Crippen molar-refractivity contribution in [1.29, 1.82) is 0 Å². The Kier molecular flexibility index (Phi) is 3.94. The lowest BCUT2D eigenvalue weighted by Crippen LogP contribution is -2.16. The van der Waals surface area contributed by atoms with Crippen LogP contribution in [0.25, 0.3) is 0 Å². The van der Waals surface area contributed by atoms with Crippen LogP contribution in [-0.2, 0) is 5.41 Å². The lowest BCUT2D eigenvalue weighted by molar-refractivity contribution is 0.590. The summed E-state index contributed by atoms with van der Waals surface area (Å²) in [7, 11) is 0. The summed E-state index contributed by atoms with van der Waals surface area (Å²) in [4.78, 5) is 0. The predicted octanol–water partition coefficient (Wildman–Crippen LogP) is 5.16. The molecule has 100 valence electrons. The van der Waals surface area contributed by atoms with E-state index >= 15 is 0 Å². The zero-order chi connectivity index (χ0) is 13.9. The molecule has 1 atom stereocenters. The Morgan fingerprint density at radius 3 is 2.05 bits per heavy atom. The van der Waals surface area contributed by atoms with Crippen molar-refractivity contribution in [2.24, 2.45) is 0 Å². The second kappa shape index (κ2) is 5.48. The van der Waals surface area contributed by atoms with Gasteiger partial charge in [0.25, 0.3) is 0 Å². The molecule has 0 amide bonds.